The molecular weight excluding hydrogens is 338 g/mol. The molecule has 1 fully saturated rings. The third kappa shape index (κ3) is 4.87. The lowest BCUT2D eigenvalue weighted by molar-refractivity contribution is 0.131. The number of benzene rings is 2. The summed E-state index contributed by atoms with van der Waals surface area (Å²) in [5, 5.41) is 17.0. The lowest BCUT2D eigenvalue weighted by atomic mass is 10.2. The van der Waals surface area contributed by atoms with Crippen LogP contribution >= 0.6 is 11.6 Å². The van der Waals surface area contributed by atoms with Gasteiger partial charge in [-0.3, -0.25) is 9.91 Å². The Hall–Kier alpha value is -2.24. The summed E-state index contributed by atoms with van der Waals surface area (Å²) in [5.74, 6) is 0.590. The van der Waals surface area contributed by atoms with E-state index < -0.39 is 0 Å². The number of nitrogens with zero attached hydrogens (tertiary/aromatic N) is 3. The van der Waals surface area contributed by atoms with Crippen molar-refractivity contribution in [2.24, 2.45) is 5.10 Å². The monoisotopic (exact) mass is 359 g/mol. The van der Waals surface area contributed by atoms with Crippen molar-refractivity contribution in [3.8, 4) is 11.5 Å². The van der Waals surface area contributed by atoms with Gasteiger partial charge in [0.1, 0.15) is 0 Å². The van der Waals surface area contributed by atoms with E-state index in [0.29, 0.717) is 5.75 Å². The lowest BCUT2D eigenvalue weighted by Gasteiger charge is -2.33. The van der Waals surface area contributed by atoms with E-state index in [9.17, 15) is 5.11 Å². The van der Waals surface area contributed by atoms with Gasteiger partial charge in [-0.25, -0.2) is 0 Å². The van der Waals surface area contributed by atoms with Crippen LogP contribution in [-0.4, -0.2) is 54.5 Å². The fourth-order valence-corrected chi connectivity index (χ4v) is 2.91. The predicted octanol–water partition coefficient (Wildman–Crippen LogP) is 3.21. The van der Waals surface area contributed by atoms with Crippen molar-refractivity contribution in [3.05, 3.63) is 58.6 Å². The zero-order valence-electron chi connectivity index (χ0n) is 14.2. The molecule has 0 unspecified atom stereocenters. The van der Waals surface area contributed by atoms with Crippen LogP contribution in [0, 0.1) is 0 Å². The highest BCUT2D eigenvalue weighted by Crippen LogP contribution is 2.25. The number of ether oxygens (including phenoxy) is 1. The molecule has 1 heterocycles. The molecule has 0 atom stereocenters. The van der Waals surface area contributed by atoms with Gasteiger partial charge in [0.25, 0.3) is 0 Å². The Balaban J connectivity index is 1.51. The number of piperazine rings is 1. The first-order chi connectivity index (χ1) is 12.1. The maximum Gasteiger partial charge on any atom is 0.161 e. The van der Waals surface area contributed by atoms with Gasteiger partial charge in [-0.05, 0) is 41.5 Å². The largest absolute Gasteiger partial charge is 0.504 e. The van der Waals surface area contributed by atoms with Crippen LogP contribution in [0.15, 0.2) is 47.6 Å². The molecule has 5 nitrogen and oxygen atoms in total. The van der Waals surface area contributed by atoms with Gasteiger partial charge < -0.3 is 9.84 Å². The molecule has 6 heteroatoms. The van der Waals surface area contributed by atoms with Gasteiger partial charge in [-0.1, -0.05) is 23.7 Å². The minimum absolute atomic E-state index is 0.135. The molecule has 3 rings (SSSR count). The highest BCUT2D eigenvalue weighted by molar-refractivity contribution is 6.30. The zero-order valence-corrected chi connectivity index (χ0v) is 15.0. The molecule has 0 spiro atoms. The van der Waals surface area contributed by atoms with Crippen LogP contribution in [0.1, 0.15) is 11.1 Å². The first kappa shape index (κ1) is 17.6. The molecule has 132 valence electrons. The van der Waals surface area contributed by atoms with Crippen LogP contribution < -0.4 is 4.74 Å². The van der Waals surface area contributed by atoms with Crippen LogP contribution in [0.2, 0.25) is 5.02 Å². The molecule has 25 heavy (non-hydrogen) atoms. The molecule has 1 aliphatic rings. The minimum atomic E-state index is 0.135. The fourth-order valence-electron chi connectivity index (χ4n) is 2.78. The number of methoxy groups -OCH3 is 1. The number of hydrogen-bond donors (Lipinski definition) is 1. The van der Waals surface area contributed by atoms with Crippen molar-refractivity contribution in [1.29, 1.82) is 0 Å². The third-order valence-electron chi connectivity index (χ3n) is 4.24. The van der Waals surface area contributed by atoms with E-state index in [1.165, 1.54) is 12.7 Å². The van der Waals surface area contributed by atoms with Crippen LogP contribution in [0.5, 0.6) is 11.5 Å². The molecule has 0 radical (unpaired) electrons. The zero-order chi connectivity index (χ0) is 17.6. The lowest BCUT2D eigenvalue weighted by Crippen LogP contribution is -2.43. The quantitative estimate of drug-likeness (QED) is 0.833. The smallest absolute Gasteiger partial charge is 0.161 e. The molecule has 1 saturated heterocycles. The van der Waals surface area contributed by atoms with E-state index >= 15 is 0 Å². The SMILES string of the molecule is COc1cc(/C=N/N2CCN(Cc3ccc(Cl)cc3)CC2)ccc1O. The van der Waals surface area contributed by atoms with Gasteiger partial charge in [0.2, 0.25) is 0 Å². The number of aromatic hydroxyl groups is 1. The van der Waals surface area contributed by atoms with E-state index in [1.807, 2.05) is 18.2 Å². The van der Waals surface area contributed by atoms with Crippen molar-refractivity contribution >= 4 is 17.8 Å². The Kier molecular flexibility index (Phi) is 5.79. The maximum atomic E-state index is 9.62. The minimum Gasteiger partial charge on any atom is -0.504 e. The molecule has 1 N–H and O–H groups in total. The Morgan fingerprint density at radius 2 is 1.84 bits per heavy atom. The first-order valence-electron chi connectivity index (χ1n) is 8.27. The Labute approximate surface area is 153 Å². The normalized spacial score (nSPS) is 15.7. The van der Waals surface area contributed by atoms with Gasteiger partial charge in [-0.15, -0.1) is 0 Å². The summed E-state index contributed by atoms with van der Waals surface area (Å²) in [6.45, 7) is 4.65. The van der Waals surface area contributed by atoms with Crippen LogP contribution in [0.4, 0.5) is 0 Å². The number of phenols is 1. The summed E-state index contributed by atoms with van der Waals surface area (Å²) in [5.41, 5.74) is 2.18. The number of rotatable bonds is 5. The van der Waals surface area contributed by atoms with Crippen molar-refractivity contribution in [3.63, 3.8) is 0 Å². The van der Waals surface area contributed by atoms with Gasteiger partial charge in [0.05, 0.1) is 13.3 Å². The Bertz CT molecular complexity index is 726. The molecule has 0 aromatic heterocycles. The van der Waals surface area contributed by atoms with Crippen molar-refractivity contribution in [2.75, 3.05) is 33.3 Å². The van der Waals surface area contributed by atoms with E-state index in [2.05, 4.69) is 27.1 Å². The summed E-state index contributed by atoms with van der Waals surface area (Å²) in [6, 6.07) is 13.2. The van der Waals surface area contributed by atoms with E-state index in [-0.39, 0.29) is 5.75 Å². The second-order valence-corrected chi connectivity index (χ2v) is 6.47. The number of halogens is 1. The van der Waals surface area contributed by atoms with E-state index in [1.54, 1.807) is 18.3 Å². The molecule has 0 saturated carbocycles. The molecule has 0 aliphatic carbocycles. The van der Waals surface area contributed by atoms with Gasteiger partial charge in [-0.2, -0.15) is 5.10 Å². The molecular formula is C19H22ClN3O2. The number of hydrogen-bond acceptors (Lipinski definition) is 5. The highest BCUT2D eigenvalue weighted by Gasteiger charge is 2.15. The third-order valence-corrected chi connectivity index (χ3v) is 4.49. The summed E-state index contributed by atoms with van der Waals surface area (Å²) < 4.78 is 5.12. The van der Waals surface area contributed by atoms with Crippen molar-refractivity contribution in [2.45, 2.75) is 6.54 Å². The number of phenolic OH excluding ortho intramolecular Hbond substituents is 1. The first-order valence-corrected chi connectivity index (χ1v) is 8.64. The van der Waals surface area contributed by atoms with Crippen LogP contribution in [0.3, 0.4) is 0 Å². The van der Waals surface area contributed by atoms with E-state index in [0.717, 1.165) is 43.3 Å². The second-order valence-electron chi connectivity index (χ2n) is 6.03. The maximum absolute atomic E-state index is 9.62. The fraction of sp³-hybridized carbons (Fsp3) is 0.316. The van der Waals surface area contributed by atoms with Crippen molar-refractivity contribution < 1.29 is 9.84 Å². The Morgan fingerprint density at radius 3 is 2.52 bits per heavy atom. The molecule has 0 bridgehead atoms. The summed E-state index contributed by atoms with van der Waals surface area (Å²) in [7, 11) is 1.54. The average molecular weight is 360 g/mol. The predicted molar refractivity (Wildman–Crippen MR) is 101 cm³/mol. The van der Waals surface area contributed by atoms with Crippen LogP contribution in [-0.2, 0) is 6.54 Å². The number of hydrazone groups is 1. The highest BCUT2D eigenvalue weighted by atomic mass is 35.5. The van der Waals surface area contributed by atoms with Crippen molar-refractivity contribution in [1.82, 2.24) is 9.91 Å². The molecule has 2 aromatic carbocycles. The Morgan fingerprint density at radius 1 is 1.12 bits per heavy atom. The summed E-state index contributed by atoms with van der Waals surface area (Å²) in [4.78, 5) is 2.42. The van der Waals surface area contributed by atoms with Gasteiger partial charge >= 0.3 is 0 Å². The van der Waals surface area contributed by atoms with E-state index in [4.69, 9.17) is 16.3 Å². The van der Waals surface area contributed by atoms with Crippen LogP contribution in [0.25, 0.3) is 0 Å². The average Bonchev–Trinajstić information content (AvgIpc) is 2.64. The molecule has 2 aromatic rings. The van der Waals surface area contributed by atoms with Gasteiger partial charge in [0.15, 0.2) is 11.5 Å². The topological polar surface area (TPSA) is 48.3 Å². The summed E-state index contributed by atoms with van der Waals surface area (Å²) >= 11 is 5.93. The molecule has 0 amide bonds. The molecule has 1 aliphatic heterocycles. The second kappa shape index (κ2) is 8.23. The standard InChI is InChI=1S/C19H22ClN3O2/c1-25-19-12-16(4-7-18(19)24)13-21-23-10-8-22(9-11-23)14-15-2-5-17(20)6-3-15/h2-7,12-13,24H,8-11,14H2,1H3/b21-13+. The summed E-state index contributed by atoms with van der Waals surface area (Å²) in [6.07, 6.45) is 1.80. The van der Waals surface area contributed by atoms with Gasteiger partial charge in [0, 0.05) is 37.7 Å².